The molecule has 0 fully saturated rings. The molecule has 2 rings (SSSR count). The first-order valence-corrected chi connectivity index (χ1v) is 8.21. The predicted octanol–water partition coefficient (Wildman–Crippen LogP) is 3.61. The largest absolute Gasteiger partial charge is 0.325 e. The van der Waals surface area contributed by atoms with Crippen LogP contribution in [0.5, 0.6) is 0 Å². The second kappa shape index (κ2) is 6.63. The Morgan fingerprint density at radius 2 is 2.22 bits per heavy atom. The molecule has 1 aromatic carbocycles. The number of hydrogen-bond acceptors (Lipinski definition) is 4. The number of nitrogens with zero attached hydrogens (tertiary/aromatic N) is 1. The molecule has 1 N–H and O–H groups in total. The third-order valence-corrected chi connectivity index (χ3v) is 5.15. The van der Waals surface area contributed by atoms with Gasteiger partial charge in [-0.25, -0.2) is 0 Å². The van der Waals surface area contributed by atoms with Crippen LogP contribution in [0.15, 0.2) is 33.7 Å². The van der Waals surface area contributed by atoms with E-state index >= 15 is 0 Å². The highest BCUT2D eigenvalue weighted by molar-refractivity contribution is 9.10. The summed E-state index contributed by atoms with van der Waals surface area (Å²) < 4.78 is 2.02. The minimum Gasteiger partial charge on any atom is -0.325 e. The van der Waals surface area contributed by atoms with E-state index in [2.05, 4.69) is 26.2 Å². The van der Waals surface area contributed by atoms with Crippen LogP contribution in [0.4, 0.5) is 5.69 Å². The van der Waals surface area contributed by atoms with Gasteiger partial charge >= 0.3 is 0 Å². The maximum Gasteiger partial charge on any atom is 0.237 e. The van der Waals surface area contributed by atoms with Crippen LogP contribution in [-0.2, 0) is 4.79 Å². The van der Waals surface area contributed by atoms with Crippen molar-refractivity contribution in [1.29, 1.82) is 0 Å². The van der Waals surface area contributed by atoms with Crippen molar-refractivity contribution in [2.45, 2.75) is 12.2 Å². The van der Waals surface area contributed by atoms with Crippen LogP contribution in [0.3, 0.4) is 0 Å². The number of hydrogen-bond donors (Lipinski definition) is 1. The number of amides is 1. The van der Waals surface area contributed by atoms with Crippen LogP contribution in [0.1, 0.15) is 6.92 Å². The summed E-state index contributed by atoms with van der Waals surface area (Å²) in [5, 5.41) is 2.77. The van der Waals surface area contributed by atoms with Crippen molar-refractivity contribution in [3.63, 3.8) is 0 Å². The van der Waals surface area contributed by atoms with Crippen molar-refractivity contribution in [3.8, 4) is 0 Å². The average Bonchev–Trinajstić information content (AvgIpc) is 2.85. The van der Waals surface area contributed by atoms with E-state index in [-0.39, 0.29) is 11.2 Å². The lowest BCUT2D eigenvalue weighted by Crippen LogP contribution is -2.23. The summed E-state index contributed by atoms with van der Waals surface area (Å²) in [6.07, 6.45) is 0. The lowest BCUT2D eigenvalue weighted by molar-refractivity contribution is -0.115. The van der Waals surface area contributed by atoms with Gasteiger partial charge in [0.1, 0.15) is 4.38 Å². The summed E-state index contributed by atoms with van der Waals surface area (Å²) in [6, 6.07) is 7.57. The van der Waals surface area contributed by atoms with Crippen LogP contribution in [0, 0.1) is 0 Å². The molecule has 1 amide bonds. The number of carbonyl (C=O) groups is 1. The standard InChI is InChI=1S/C12H13BrN2OS2/c1-8(18-12-14-6-7-17-12)11(16)15-10-4-2-9(13)3-5-10/h2-5,8H,6-7H2,1H3,(H,15,16)/t8-/m0/s1. The Hall–Kier alpha value is -0.460. The number of thioether (sulfide) groups is 2. The van der Waals surface area contributed by atoms with Crippen LogP contribution in [0.25, 0.3) is 0 Å². The number of anilines is 1. The average molecular weight is 345 g/mol. The fraction of sp³-hybridized carbons (Fsp3) is 0.333. The van der Waals surface area contributed by atoms with E-state index in [1.807, 2.05) is 31.2 Å². The van der Waals surface area contributed by atoms with E-state index in [0.717, 1.165) is 26.8 Å². The van der Waals surface area contributed by atoms with Crippen LogP contribution >= 0.6 is 39.5 Å². The molecule has 1 aromatic rings. The molecule has 1 aliphatic rings. The van der Waals surface area contributed by atoms with Crippen LogP contribution < -0.4 is 5.32 Å². The van der Waals surface area contributed by atoms with E-state index in [9.17, 15) is 4.79 Å². The Balaban J connectivity index is 1.88. The molecule has 0 spiro atoms. The van der Waals surface area contributed by atoms with E-state index in [1.165, 1.54) is 11.8 Å². The first-order chi connectivity index (χ1) is 8.65. The fourth-order valence-corrected chi connectivity index (χ4v) is 3.76. The smallest absolute Gasteiger partial charge is 0.237 e. The Morgan fingerprint density at radius 1 is 1.50 bits per heavy atom. The van der Waals surface area contributed by atoms with Gasteiger partial charge in [-0.3, -0.25) is 9.79 Å². The maximum atomic E-state index is 12.0. The molecular weight excluding hydrogens is 332 g/mol. The van der Waals surface area contributed by atoms with Gasteiger partial charge in [-0.2, -0.15) is 0 Å². The van der Waals surface area contributed by atoms with Crippen molar-refractivity contribution >= 4 is 55.4 Å². The molecule has 0 saturated heterocycles. The van der Waals surface area contributed by atoms with Gasteiger partial charge in [0.25, 0.3) is 0 Å². The van der Waals surface area contributed by atoms with E-state index < -0.39 is 0 Å². The summed E-state index contributed by atoms with van der Waals surface area (Å²) in [4.78, 5) is 16.3. The molecule has 96 valence electrons. The Labute approximate surface area is 123 Å². The Morgan fingerprint density at radius 3 is 2.83 bits per heavy atom. The number of aliphatic imine (C=N–C) groups is 1. The summed E-state index contributed by atoms with van der Waals surface area (Å²) in [6.45, 7) is 2.77. The van der Waals surface area contributed by atoms with Crippen molar-refractivity contribution in [2.24, 2.45) is 4.99 Å². The Bertz CT molecular complexity index is 462. The molecule has 0 aromatic heterocycles. The van der Waals surface area contributed by atoms with E-state index in [1.54, 1.807) is 11.8 Å². The second-order valence-corrected chi connectivity index (χ2v) is 7.34. The Kier molecular flexibility index (Phi) is 5.14. The first-order valence-electron chi connectivity index (χ1n) is 5.55. The minimum atomic E-state index is -0.127. The third-order valence-electron chi connectivity index (χ3n) is 2.32. The van der Waals surface area contributed by atoms with Crippen molar-refractivity contribution in [3.05, 3.63) is 28.7 Å². The SMILES string of the molecule is C[C@H](SC1=NCCS1)C(=O)Nc1ccc(Br)cc1. The van der Waals surface area contributed by atoms with Gasteiger partial charge in [0.05, 0.1) is 11.8 Å². The molecule has 1 heterocycles. The number of rotatable bonds is 3. The lowest BCUT2D eigenvalue weighted by Gasteiger charge is -2.11. The number of benzene rings is 1. The molecule has 6 heteroatoms. The fourth-order valence-electron chi connectivity index (χ4n) is 1.37. The maximum absolute atomic E-state index is 12.0. The molecule has 3 nitrogen and oxygen atoms in total. The summed E-state index contributed by atoms with van der Waals surface area (Å²) in [5.41, 5.74) is 0.816. The van der Waals surface area contributed by atoms with Gasteiger partial charge in [0.15, 0.2) is 0 Å². The zero-order valence-corrected chi connectivity index (χ0v) is 13.1. The first kappa shape index (κ1) is 14.0. The highest BCUT2D eigenvalue weighted by Gasteiger charge is 2.18. The second-order valence-electron chi connectivity index (χ2n) is 3.75. The van der Waals surface area contributed by atoms with Crippen molar-refractivity contribution < 1.29 is 4.79 Å². The molecule has 0 unspecified atom stereocenters. The van der Waals surface area contributed by atoms with Crippen molar-refractivity contribution in [2.75, 3.05) is 17.6 Å². The normalized spacial score (nSPS) is 16.2. The molecule has 0 bridgehead atoms. The van der Waals surface area contributed by atoms with Gasteiger partial charge in [-0.1, -0.05) is 39.5 Å². The molecular formula is C12H13BrN2OS2. The van der Waals surface area contributed by atoms with E-state index in [0.29, 0.717) is 0 Å². The van der Waals surface area contributed by atoms with Gasteiger partial charge in [0, 0.05) is 15.9 Å². The van der Waals surface area contributed by atoms with E-state index in [4.69, 9.17) is 0 Å². The third kappa shape index (κ3) is 4.03. The van der Waals surface area contributed by atoms with Crippen LogP contribution in [-0.4, -0.2) is 27.8 Å². The summed E-state index contributed by atoms with van der Waals surface area (Å²) in [5.74, 6) is 1.04. The quantitative estimate of drug-likeness (QED) is 0.910. The van der Waals surface area contributed by atoms with Gasteiger partial charge < -0.3 is 5.32 Å². The minimum absolute atomic E-state index is 0.0116. The zero-order chi connectivity index (χ0) is 13.0. The van der Waals surface area contributed by atoms with Gasteiger partial charge in [-0.15, -0.1) is 0 Å². The molecule has 0 saturated carbocycles. The van der Waals surface area contributed by atoms with Crippen molar-refractivity contribution in [1.82, 2.24) is 0 Å². The zero-order valence-electron chi connectivity index (χ0n) is 9.85. The van der Waals surface area contributed by atoms with Gasteiger partial charge in [-0.05, 0) is 31.2 Å². The van der Waals surface area contributed by atoms with Crippen LogP contribution in [0.2, 0.25) is 0 Å². The number of carbonyl (C=O) groups excluding carboxylic acids is 1. The summed E-state index contributed by atoms with van der Waals surface area (Å²) in [7, 11) is 0. The molecule has 1 atom stereocenters. The highest BCUT2D eigenvalue weighted by atomic mass is 79.9. The molecule has 1 aliphatic heterocycles. The molecule has 0 aliphatic carbocycles. The molecule has 0 radical (unpaired) electrons. The number of nitrogens with one attached hydrogen (secondary N) is 1. The topological polar surface area (TPSA) is 41.5 Å². The predicted molar refractivity (Wildman–Crippen MR) is 84.6 cm³/mol. The number of halogens is 1. The highest BCUT2D eigenvalue weighted by Crippen LogP contribution is 2.26. The van der Waals surface area contributed by atoms with Gasteiger partial charge in [0.2, 0.25) is 5.91 Å². The lowest BCUT2D eigenvalue weighted by atomic mass is 10.3. The molecule has 18 heavy (non-hydrogen) atoms. The monoisotopic (exact) mass is 344 g/mol. The summed E-state index contributed by atoms with van der Waals surface area (Å²) >= 11 is 6.62.